The van der Waals surface area contributed by atoms with Crippen molar-refractivity contribution >= 4 is 11.9 Å². The fraction of sp³-hybridized carbons (Fsp3) is 0.600. The summed E-state index contributed by atoms with van der Waals surface area (Å²) in [4.78, 5) is 27.5. The van der Waals surface area contributed by atoms with Gasteiger partial charge >= 0.3 is 5.97 Å². The first-order valence-electron chi connectivity index (χ1n) is 9.28. The lowest BCUT2D eigenvalue weighted by Crippen LogP contribution is -2.46. The highest BCUT2D eigenvalue weighted by Crippen LogP contribution is 2.44. The largest absolute Gasteiger partial charge is 0.480 e. The van der Waals surface area contributed by atoms with E-state index in [-0.39, 0.29) is 11.3 Å². The summed E-state index contributed by atoms with van der Waals surface area (Å²) in [6, 6.07) is 8.65. The lowest BCUT2D eigenvalue weighted by Gasteiger charge is -2.41. The van der Waals surface area contributed by atoms with Crippen molar-refractivity contribution in [3.63, 3.8) is 0 Å². The van der Waals surface area contributed by atoms with Gasteiger partial charge in [-0.05, 0) is 61.7 Å². The number of aliphatic carboxylic acids is 1. The number of piperidine rings is 1. The molecule has 1 aliphatic carbocycles. The molecule has 2 heterocycles. The number of amides is 1. The standard InChI is InChI=1S/C20H26N2O3/c1-14(23)22-13-20(12-18(22)19(24)25)6-8-21(9-7-20)17-10-15-4-2-3-5-16(15)11-17/h2-5,17-18H,6-13H2,1H3,(H,24,25)/t18-/m0/s1. The number of carboxylic acid groups (broad SMARTS) is 1. The lowest BCUT2D eigenvalue weighted by molar-refractivity contribution is -0.147. The van der Waals surface area contributed by atoms with Gasteiger partial charge in [-0.3, -0.25) is 9.69 Å². The SMILES string of the molecule is CC(=O)N1CC2(CCN(C3Cc4ccccc4C3)CC2)C[C@H]1C(=O)O. The van der Waals surface area contributed by atoms with Crippen molar-refractivity contribution in [2.45, 2.75) is 51.1 Å². The van der Waals surface area contributed by atoms with Crippen molar-refractivity contribution in [1.29, 1.82) is 0 Å². The van der Waals surface area contributed by atoms with E-state index in [1.165, 1.54) is 18.1 Å². The number of likely N-dealkylation sites (tertiary alicyclic amines) is 2. The van der Waals surface area contributed by atoms with Gasteiger partial charge in [-0.2, -0.15) is 0 Å². The number of carboxylic acids is 1. The summed E-state index contributed by atoms with van der Waals surface area (Å²) in [6.07, 6.45) is 4.85. The second kappa shape index (κ2) is 6.13. The van der Waals surface area contributed by atoms with Gasteiger partial charge in [0, 0.05) is 19.5 Å². The van der Waals surface area contributed by atoms with E-state index in [1.807, 2.05) is 0 Å². The first kappa shape index (κ1) is 16.6. The molecule has 5 heteroatoms. The van der Waals surface area contributed by atoms with Crippen molar-refractivity contribution in [2.24, 2.45) is 5.41 Å². The lowest BCUT2D eigenvalue weighted by atomic mass is 9.76. The van der Waals surface area contributed by atoms with Gasteiger partial charge in [-0.15, -0.1) is 0 Å². The molecule has 3 aliphatic rings. The smallest absolute Gasteiger partial charge is 0.326 e. The Kier molecular flexibility index (Phi) is 4.07. The summed E-state index contributed by atoms with van der Waals surface area (Å²) < 4.78 is 0. The first-order valence-corrected chi connectivity index (χ1v) is 9.28. The molecule has 0 radical (unpaired) electrons. The van der Waals surface area contributed by atoms with Crippen LogP contribution in [0, 0.1) is 5.41 Å². The monoisotopic (exact) mass is 342 g/mol. The molecule has 1 aromatic carbocycles. The van der Waals surface area contributed by atoms with E-state index in [1.54, 1.807) is 4.90 Å². The van der Waals surface area contributed by atoms with E-state index >= 15 is 0 Å². The molecule has 0 aromatic heterocycles. The number of hydrogen-bond donors (Lipinski definition) is 1. The van der Waals surface area contributed by atoms with Gasteiger partial charge in [0.15, 0.2) is 0 Å². The Balaban J connectivity index is 1.41. The molecular weight excluding hydrogens is 316 g/mol. The average molecular weight is 342 g/mol. The van der Waals surface area contributed by atoms with Crippen LogP contribution in [0.3, 0.4) is 0 Å². The zero-order valence-corrected chi connectivity index (χ0v) is 14.8. The fourth-order valence-electron chi connectivity index (χ4n) is 5.13. The highest BCUT2D eigenvalue weighted by molar-refractivity contribution is 5.83. The van der Waals surface area contributed by atoms with E-state index < -0.39 is 12.0 Å². The second-order valence-electron chi connectivity index (χ2n) is 8.07. The maximum absolute atomic E-state index is 11.8. The number of carbonyl (C=O) groups is 2. The van der Waals surface area contributed by atoms with Gasteiger partial charge in [0.05, 0.1) is 0 Å². The average Bonchev–Trinajstić information content (AvgIpc) is 3.18. The molecule has 0 unspecified atom stereocenters. The Bertz CT molecular complexity index is 645. The Morgan fingerprint density at radius 1 is 1.12 bits per heavy atom. The maximum Gasteiger partial charge on any atom is 0.326 e. The normalized spacial score (nSPS) is 26.1. The number of benzene rings is 1. The summed E-state index contributed by atoms with van der Waals surface area (Å²) in [6.45, 7) is 4.12. The molecular formula is C20H26N2O3. The summed E-state index contributed by atoms with van der Waals surface area (Å²) >= 11 is 0. The van der Waals surface area contributed by atoms with Crippen LogP contribution in [0.15, 0.2) is 24.3 Å². The Labute approximate surface area is 148 Å². The molecule has 25 heavy (non-hydrogen) atoms. The topological polar surface area (TPSA) is 60.9 Å². The number of fused-ring (bicyclic) bond motifs is 1. The minimum Gasteiger partial charge on any atom is -0.480 e. The first-order chi connectivity index (χ1) is 12.0. The van der Waals surface area contributed by atoms with Crippen molar-refractivity contribution in [3.8, 4) is 0 Å². The quantitative estimate of drug-likeness (QED) is 0.892. The third-order valence-electron chi connectivity index (χ3n) is 6.60. The summed E-state index contributed by atoms with van der Waals surface area (Å²) in [5, 5.41) is 9.47. The van der Waals surface area contributed by atoms with Gasteiger partial charge in [0.25, 0.3) is 0 Å². The molecule has 5 nitrogen and oxygen atoms in total. The van der Waals surface area contributed by atoms with Crippen LogP contribution < -0.4 is 0 Å². The minimum atomic E-state index is -0.860. The number of carbonyl (C=O) groups excluding carboxylic acids is 1. The van der Waals surface area contributed by atoms with Crippen LogP contribution in [-0.4, -0.2) is 58.5 Å². The zero-order chi connectivity index (χ0) is 17.6. The molecule has 4 rings (SSSR count). The van der Waals surface area contributed by atoms with Crippen LogP contribution in [0.1, 0.15) is 37.3 Å². The van der Waals surface area contributed by atoms with Gasteiger partial charge < -0.3 is 10.0 Å². The second-order valence-corrected chi connectivity index (χ2v) is 8.07. The summed E-state index contributed by atoms with van der Waals surface area (Å²) in [5.74, 6) is -0.973. The molecule has 134 valence electrons. The van der Waals surface area contributed by atoms with Crippen LogP contribution in [0.2, 0.25) is 0 Å². The van der Waals surface area contributed by atoms with E-state index in [4.69, 9.17) is 0 Å². The molecule has 1 amide bonds. The number of rotatable bonds is 2. The van der Waals surface area contributed by atoms with Crippen LogP contribution in [-0.2, 0) is 22.4 Å². The van der Waals surface area contributed by atoms with E-state index in [9.17, 15) is 14.7 Å². The molecule has 1 spiro atoms. The van der Waals surface area contributed by atoms with Gasteiger partial charge in [0.2, 0.25) is 5.91 Å². The molecule has 2 fully saturated rings. The Morgan fingerprint density at radius 2 is 1.72 bits per heavy atom. The predicted octanol–water partition coefficient (Wildman–Crippen LogP) is 1.94. The van der Waals surface area contributed by atoms with E-state index in [2.05, 4.69) is 29.2 Å². The van der Waals surface area contributed by atoms with Crippen LogP contribution in [0.5, 0.6) is 0 Å². The van der Waals surface area contributed by atoms with E-state index in [0.717, 1.165) is 38.8 Å². The molecule has 1 atom stereocenters. The number of nitrogens with zero attached hydrogens (tertiary/aromatic N) is 2. The Hall–Kier alpha value is -1.88. The van der Waals surface area contributed by atoms with Crippen LogP contribution in [0.4, 0.5) is 0 Å². The zero-order valence-electron chi connectivity index (χ0n) is 14.8. The van der Waals surface area contributed by atoms with Crippen LogP contribution >= 0.6 is 0 Å². The third-order valence-corrected chi connectivity index (χ3v) is 6.60. The van der Waals surface area contributed by atoms with Gasteiger partial charge in [-0.25, -0.2) is 4.79 Å². The minimum absolute atomic E-state index is 0.00329. The molecule has 1 N–H and O–H groups in total. The van der Waals surface area contributed by atoms with Crippen molar-refractivity contribution in [3.05, 3.63) is 35.4 Å². The van der Waals surface area contributed by atoms with Gasteiger partial charge in [-0.1, -0.05) is 24.3 Å². The fourth-order valence-corrected chi connectivity index (χ4v) is 5.13. The maximum atomic E-state index is 11.8. The Morgan fingerprint density at radius 3 is 2.20 bits per heavy atom. The molecule has 0 saturated carbocycles. The predicted molar refractivity (Wildman–Crippen MR) is 94.3 cm³/mol. The summed E-state index contributed by atoms with van der Waals surface area (Å²) in [5.41, 5.74) is 2.95. The highest BCUT2D eigenvalue weighted by Gasteiger charge is 2.49. The van der Waals surface area contributed by atoms with Crippen molar-refractivity contribution in [2.75, 3.05) is 19.6 Å². The third kappa shape index (κ3) is 2.95. The molecule has 2 aliphatic heterocycles. The number of hydrogen-bond acceptors (Lipinski definition) is 3. The molecule has 1 aromatic rings. The molecule has 2 saturated heterocycles. The highest BCUT2D eigenvalue weighted by atomic mass is 16.4. The summed E-state index contributed by atoms with van der Waals surface area (Å²) in [7, 11) is 0. The van der Waals surface area contributed by atoms with Gasteiger partial charge in [0.1, 0.15) is 6.04 Å². The van der Waals surface area contributed by atoms with Crippen molar-refractivity contribution < 1.29 is 14.7 Å². The molecule has 0 bridgehead atoms. The van der Waals surface area contributed by atoms with E-state index in [0.29, 0.717) is 19.0 Å². The van der Waals surface area contributed by atoms with Crippen LogP contribution in [0.25, 0.3) is 0 Å². The van der Waals surface area contributed by atoms with Crippen molar-refractivity contribution in [1.82, 2.24) is 9.80 Å².